The van der Waals surface area contributed by atoms with Gasteiger partial charge in [0, 0.05) is 13.1 Å². The lowest BCUT2D eigenvalue weighted by molar-refractivity contribution is 0.307. The minimum atomic E-state index is 0.430. The van der Waals surface area contributed by atoms with Gasteiger partial charge in [-0.15, -0.1) is 0 Å². The number of benzene rings is 3. The standard InChI is InChI=1S/C26H34N6O2/c1-17(14-30-24-12-9-20(32-29)13-23(24)28)18(2)15-31-26-22(27)5-4-6-25(26)34-16-19-7-10-21(33-3)11-8-19/h4-13,30-32H,14-16,27-29H2,1-3H3/b18-17+. The summed E-state index contributed by atoms with van der Waals surface area (Å²) in [6.45, 7) is 5.90. The Hall–Kier alpha value is -4.04. The fourth-order valence-corrected chi connectivity index (χ4v) is 3.30. The Morgan fingerprint density at radius 1 is 0.853 bits per heavy atom. The van der Waals surface area contributed by atoms with Crippen molar-refractivity contribution >= 4 is 28.4 Å². The molecule has 8 heteroatoms. The summed E-state index contributed by atoms with van der Waals surface area (Å²) in [5.74, 6) is 6.95. The predicted octanol–water partition coefficient (Wildman–Crippen LogP) is 4.58. The van der Waals surface area contributed by atoms with E-state index in [1.165, 1.54) is 11.1 Å². The number of para-hydroxylation sites is 1. The van der Waals surface area contributed by atoms with Gasteiger partial charge in [-0.2, -0.15) is 0 Å². The van der Waals surface area contributed by atoms with Crippen LogP contribution in [0.4, 0.5) is 28.4 Å². The maximum absolute atomic E-state index is 6.25. The molecular weight excluding hydrogens is 428 g/mol. The van der Waals surface area contributed by atoms with E-state index in [2.05, 4.69) is 29.9 Å². The second-order valence-corrected chi connectivity index (χ2v) is 8.07. The molecule has 0 aromatic heterocycles. The molecule has 8 nitrogen and oxygen atoms in total. The van der Waals surface area contributed by atoms with E-state index in [-0.39, 0.29) is 0 Å². The molecule has 3 aromatic carbocycles. The van der Waals surface area contributed by atoms with Crippen molar-refractivity contribution < 1.29 is 9.47 Å². The first-order valence-electron chi connectivity index (χ1n) is 11.0. The van der Waals surface area contributed by atoms with Crippen molar-refractivity contribution in [2.45, 2.75) is 20.5 Å². The average molecular weight is 463 g/mol. The molecule has 0 saturated heterocycles. The van der Waals surface area contributed by atoms with Crippen LogP contribution in [0.2, 0.25) is 0 Å². The van der Waals surface area contributed by atoms with Crippen LogP contribution in [0.3, 0.4) is 0 Å². The number of anilines is 5. The number of nitrogen functional groups attached to an aromatic ring is 3. The Bertz CT molecular complexity index is 1130. The number of rotatable bonds is 11. The first kappa shape index (κ1) is 24.6. The van der Waals surface area contributed by atoms with E-state index >= 15 is 0 Å². The summed E-state index contributed by atoms with van der Waals surface area (Å²) in [7, 11) is 1.65. The van der Waals surface area contributed by atoms with Crippen molar-refractivity contribution in [1.29, 1.82) is 0 Å². The molecule has 0 heterocycles. The highest BCUT2D eigenvalue weighted by Gasteiger charge is 2.09. The smallest absolute Gasteiger partial charge is 0.145 e. The van der Waals surface area contributed by atoms with Crippen molar-refractivity contribution in [1.82, 2.24) is 0 Å². The first-order chi connectivity index (χ1) is 16.4. The summed E-state index contributed by atoms with van der Waals surface area (Å²) in [5, 5.41) is 6.81. The summed E-state index contributed by atoms with van der Waals surface area (Å²) in [4.78, 5) is 0. The van der Waals surface area contributed by atoms with Crippen LogP contribution >= 0.6 is 0 Å². The second kappa shape index (κ2) is 11.7. The minimum Gasteiger partial charge on any atom is -0.497 e. The van der Waals surface area contributed by atoms with Gasteiger partial charge in [-0.05, 0) is 61.9 Å². The molecule has 0 aliphatic rings. The molecule has 0 unspecified atom stereocenters. The lowest BCUT2D eigenvalue weighted by atomic mass is 10.1. The second-order valence-electron chi connectivity index (χ2n) is 8.07. The molecule has 0 bridgehead atoms. The monoisotopic (exact) mass is 462 g/mol. The fraction of sp³-hybridized carbons (Fsp3) is 0.231. The molecule has 0 radical (unpaired) electrons. The topological polar surface area (TPSA) is 133 Å². The molecule has 0 aliphatic carbocycles. The van der Waals surface area contributed by atoms with E-state index in [1.54, 1.807) is 13.2 Å². The van der Waals surface area contributed by atoms with E-state index in [1.807, 2.05) is 54.6 Å². The van der Waals surface area contributed by atoms with E-state index in [0.717, 1.165) is 28.4 Å². The zero-order chi connectivity index (χ0) is 24.5. The van der Waals surface area contributed by atoms with Gasteiger partial charge in [-0.3, -0.25) is 5.84 Å². The Kier molecular flexibility index (Phi) is 8.48. The van der Waals surface area contributed by atoms with Crippen LogP contribution in [-0.2, 0) is 6.61 Å². The molecule has 0 saturated carbocycles. The van der Waals surface area contributed by atoms with Crippen molar-refractivity contribution in [2.24, 2.45) is 5.84 Å². The quantitative estimate of drug-likeness (QED) is 0.106. The third kappa shape index (κ3) is 6.49. The number of methoxy groups -OCH3 is 1. The molecule has 3 aromatic rings. The van der Waals surface area contributed by atoms with Gasteiger partial charge in [-0.1, -0.05) is 29.3 Å². The van der Waals surface area contributed by atoms with Crippen LogP contribution in [-0.4, -0.2) is 20.2 Å². The Morgan fingerprint density at radius 2 is 1.56 bits per heavy atom. The van der Waals surface area contributed by atoms with E-state index in [4.69, 9.17) is 26.8 Å². The highest BCUT2D eigenvalue weighted by atomic mass is 16.5. The number of nitrogens with one attached hydrogen (secondary N) is 3. The number of ether oxygens (including phenoxy) is 2. The highest BCUT2D eigenvalue weighted by molar-refractivity contribution is 5.74. The summed E-state index contributed by atoms with van der Waals surface area (Å²) >= 11 is 0. The Balaban J connectivity index is 1.61. The van der Waals surface area contributed by atoms with Crippen molar-refractivity contribution in [3.05, 3.63) is 77.4 Å². The molecule has 3 rings (SSSR count). The van der Waals surface area contributed by atoms with Crippen molar-refractivity contribution in [3.8, 4) is 11.5 Å². The van der Waals surface area contributed by atoms with Crippen LogP contribution in [0.5, 0.6) is 11.5 Å². The van der Waals surface area contributed by atoms with Gasteiger partial charge < -0.3 is 37.0 Å². The van der Waals surface area contributed by atoms with Gasteiger partial charge in [0.1, 0.15) is 23.8 Å². The number of hydrogen-bond acceptors (Lipinski definition) is 8. The normalized spacial score (nSPS) is 11.4. The van der Waals surface area contributed by atoms with Gasteiger partial charge in [0.2, 0.25) is 0 Å². The Labute approximate surface area is 201 Å². The van der Waals surface area contributed by atoms with E-state index in [9.17, 15) is 0 Å². The molecule has 34 heavy (non-hydrogen) atoms. The predicted molar refractivity (Wildman–Crippen MR) is 142 cm³/mol. The average Bonchev–Trinajstić information content (AvgIpc) is 2.85. The minimum absolute atomic E-state index is 0.430. The highest BCUT2D eigenvalue weighted by Crippen LogP contribution is 2.31. The number of hydrazine groups is 1. The zero-order valence-corrected chi connectivity index (χ0v) is 19.9. The number of nitrogens with two attached hydrogens (primary N) is 3. The number of hydrogen-bond donors (Lipinski definition) is 6. The molecule has 0 amide bonds. The molecule has 0 spiro atoms. The Morgan fingerprint density at radius 3 is 2.21 bits per heavy atom. The summed E-state index contributed by atoms with van der Waals surface area (Å²) in [6, 6.07) is 19.0. The SMILES string of the molecule is COc1ccc(COc2cccc(N)c2NC/C(C)=C(\C)CNc2ccc(NN)cc2N)cc1. The lowest BCUT2D eigenvalue weighted by Crippen LogP contribution is -2.12. The van der Waals surface area contributed by atoms with Gasteiger partial charge in [0.25, 0.3) is 0 Å². The summed E-state index contributed by atoms with van der Waals surface area (Å²) in [6.07, 6.45) is 0. The van der Waals surface area contributed by atoms with Crippen molar-refractivity contribution in [2.75, 3.05) is 47.7 Å². The first-order valence-corrected chi connectivity index (χ1v) is 11.0. The van der Waals surface area contributed by atoms with E-state index in [0.29, 0.717) is 36.8 Å². The lowest BCUT2D eigenvalue weighted by Gasteiger charge is -2.17. The molecule has 9 N–H and O–H groups in total. The maximum atomic E-state index is 6.25. The van der Waals surface area contributed by atoms with Crippen LogP contribution in [0, 0.1) is 0 Å². The van der Waals surface area contributed by atoms with Gasteiger partial charge in [0.05, 0.1) is 29.9 Å². The maximum Gasteiger partial charge on any atom is 0.145 e. The fourth-order valence-electron chi connectivity index (χ4n) is 3.30. The van der Waals surface area contributed by atoms with E-state index < -0.39 is 0 Å². The third-order valence-corrected chi connectivity index (χ3v) is 5.63. The zero-order valence-electron chi connectivity index (χ0n) is 19.9. The largest absolute Gasteiger partial charge is 0.497 e. The molecule has 0 aliphatic heterocycles. The van der Waals surface area contributed by atoms with Gasteiger partial charge >= 0.3 is 0 Å². The van der Waals surface area contributed by atoms with Gasteiger partial charge in [0.15, 0.2) is 0 Å². The van der Waals surface area contributed by atoms with Crippen LogP contribution in [0.15, 0.2) is 71.8 Å². The third-order valence-electron chi connectivity index (χ3n) is 5.63. The summed E-state index contributed by atoms with van der Waals surface area (Å²) in [5.41, 5.74) is 22.0. The van der Waals surface area contributed by atoms with Gasteiger partial charge in [-0.25, -0.2) is 0 Å². The molecular formula is C26H34N6O2. The van der Waals surface area contributed by atoms with Crippen LogP contribution < -0.4 is 42.8 Å². The molecule has 180 valence electrons. The molecule has 0 atom stereocenters. The molecule has 0 fully saturated rings. The van der Waals surface area contributed by atoms with Crippen LogP contribution in [0.1, 0.15) is 19.4 Å². The van der Waals surface area contributed by atoms with Crippen LogP contribution in [0.25, 0.3) is 0 Å². The van der Waals surface area contributed by atoms with Crippen molar-refractivity contribution in [3.63, 3.8) is 0 Å². The summed E-state index contributed by atoms with van der Waals surface area (Å²) < 4.78 is 11.3.